The second-order valence-electron chi connectivity index (χ2n) is 8.31. The number of hydrogen-bond donors (Lipinski definition) is 0. The number of aromatic nitrogens is 1. The first-order valence-corrected chi connectivity index (χ1v) is 10.8. The van der Waals surface area contributed by atoms with E-state index in [0.717, 1.165) is 50.4 Å². The molecule has 0 N–H and O–H groups in total. The van der Waals surface area contributed by atoms with E-state index in [9.17, 15) is 9.59 Å². The lowest BCUT2D eigenvalue weighted by Gasteiger charge is -2.24. The minimum absolute atomic E-state index is 0.0186. The molecule has 1 fully saturated rings. The van der Waals surface area contributed by atoms with Crippen molar-refractivity contribution in [2.24, 2.45) is 5.92 Å². The van der Waals surface area contributed by atoms with Crippen LogP contribution >= 0.6 is 0 Å². The Balaban J connectivity index is 1.66. The molecule has 6 heteroatoms. The van der Waals surface area contributed by atoms with E-state index in [0.29, 0.717) is 31.2 Å². The highest BCUT2D eigenvalue weighted by atomic mass is 16.4. The van der Waals surface area contributed by atoms with Gasteiger partial charge in [0.1, 0.15) is 5.76 Å². The van der Waals surface area contributed by atoms with Gasteiger partial charge in [-0.15, -0.1) is 0 Å². The maximum absolute atomic E-state index is 12.6. The van der Waals surface area contributed by atoms with E-state index in [1.165, 1.54) is 0 Å². The van der Waals surface area contributed by atoms with Crippen molar-refractivity contribution in [3.63, 3.8) is 0 Å². The van der Waals surface area contributed by atoms with Crippen LogP contribution in [-0.4, -0.2) is 45.8 Å². The molecule has 2 aromatic rings. The third-order valence-corrected chi connectivity index (χ3v) is 5.30. The summed E-state index contributed by atoms with van der Waals surface area (Å²) in [5.74, 6) is 1.69. The summed E-state index contributed by atoms with van der Waals surface area (Å²) in [5.41, 5.74) is 1.07. The molecule has 3 heterocycles. The van der Waals surface area contributed by atoms with Gasteiger partial charge in [0.05, 0.1) is 13.1 Å². The summed E-state index contributed by atoms with van der Waals surface area (Å²) in [5, 5.41) is 0. The zero-order chi connectivity index (χ0) is 20.8. The standard InChI is InChI=1S/C23H33N3O3/c1-4-11-26(22(27)15-18(2)3)16-19-8-7-14-25(19)17-20-9-10-21(29-20)23(28)24-12-5-6-13-24/h7-10,14,18H,4-6,11-13,15-17H2,1-3H3. The Morgan fingerprint density at radius 1 is 1.17 bits per heavy atom. The number of furan rings is 1. The van der Waals surface area contributed by atoms with Crippen LogP contribution in [0.4, 0.5) is 0 Å². The van der Waals surface area contributed by atoms with E-state index in [1.54, 1.807) is 6.07 Å². The number of likely N-dealkylation sites (tertiary alicyclic amines) is 1. The number of hydrogen-bond acceptors (Lipinski definition) is 3. The van der Waals surface area contributed by atoms with E-state index >= 15 is 0 Å². The van der Waals surface area contributed by atoms with Gasteiger partial charge in [-0.25, -0.2) is 0 Å². The molecule has 2 amide bonds. The van der Waals surface area contributed by atoms with Gasteiger partial charge in [0.15, 0.2) is 5.76 Å². The van der Waals surface area contributed by atoms with Crippen LogP contribution in [0.3, 0.4) is 0 Å². The second-order valence-corrected chi connectivity index (χ2v) is 8.31. The highest BCUT2D eigenvalue weighted by Crippen LogP contribution is 2.18. The summed E-state index contributed by atoms with van der Waals surface area (Å²) < 4.78 is 7.94. The summed E-state index contributed by atoms with van der Waals surface area (Å²) in [6, 6.07) is 7.69. The van der Waals surface area contributed by atoms with Gasteiger partial charge in [-0.3, -0.25) is 9.59 Å². The Morgan fingerprint density at radius 2 is 1.93 bits per heavy atom. The topological polar surface area (TPSA) is 58.7 Å². The van der Waals surface area contributed by atoms with Gasteiger partial charge in [0.25, 0.3) is 5.91 Å². The maximum Gasteiger partial charge on any atom is 0.289 e. The fourth-order valence-corrected chi connectivity index (χ4v) is 3.80. The largest absolute Gasteiger partial charge is 0.454 e. The Kier molecular flexibility index (Phi) is 7.18. The smallest absolute Gasteiger partial charge is 0.289 e. The van der Waals surface area contributed by atoms with Gasteiger partial charge in [-0.05, 0) is 49.4 Å². The molecule has 0 bridgehead atoms. The van der Waals surface area contributed by atoms with Gasteiger partial charge in [-0.2, -0.15) is 0 Å². The Morgan fingerprint density at radius 3 is 2.62 bits per heavy atom. The lowest BCUT2D eigenvalue weighted by atomic mass is 10.1. The third-order valence-electron chi connectivity index (χ3n) is 5.30. The number of rotatable bonds is 9. The predicted octanol–water partition coefficient (Wildman–Crippen LogP) is 4.15. The van der Waals surface area contributed by atoms with Gasteiger partial charge in [0, 0.05) is 37.9 Å². The molecular weight excluding hydrogens is 366 g/mol. The quantitative estimate of drug-likeness (QED) is 0.636. The maximum atomic E-state index is 12.6. The van der Waals surface area contributed by atoms with Crippen LogP contribution in [0.5, 0.6) is 0 Å². The molecule has 29 heavy (non-hydrogen) atoms. The van der Waals surface area contributed by atoms with Crippen molar-refractivity contribution in [3.8, 4) is 0 Å². The van der Waals surface area contributed by atoms with Crippen molar-refractivity contribution < 1.29 is 14.0 Å². The van der Waals surface area contributed by atoms with Crippen molar-refractivity contribution in [1.82, 2.24) is 14.4 Å². The van der Waals surface area contributed by atoms with Crippen LogP contribution in [0.1, 0.15) is 68.5 Å². The Bertz CT molecular complexity index is 815. The predicted molar refractivity (Wildman–Crippen MR) is 113 cm³/mol. The molecule has 0 unspecified atom stereocenters. The molecule has 158 valence electrons. The van der Waals surface area contributed by atoms with Crippen LogP contribution in [0.25, 0.3) is 0 Å². The molecule has 6 nitrogen and oxygen atoms in total. The van der Waals surface area contributed by atoms with Crippen molar-refractivity contribution in [3.05, 3.63) is 47.7 Å². The molecule has 0 spiro atoms. The molecule has 1 aliphatic rings. The van der Waals surface area contributed by atoms with Crippen molar-refractivity contribution >= 4 is 11.8 Å². The fraction of sp³-hybridized carbons (Fsp3) is 0.565. The Labute approximate surface area is 173 Å². The van der Waals surface area contributed by atoms with Crippen LogP contribution in [0.2, 0.25) is 0 Å². The highest BCUT2D eigenvalue weighted by Gasteiger charge is 2.22. The van der Waals surface area contributed by atoms with E-state index in [2.05, 4.69) is 25.3 Å². The number of carbonyl (C=O) groups excluding carboxylic acids is 2. The monoisotopic (exact) mass is 399 g/mol. The van der Waals surface area contributed by atoms with Crippen LogP contribution in [0.15, 0.2) is 34.9 Å². The molecule has 0 atom stereocenters. The van der Waals surface area contributed by atoms with E-state index in [4.69, 9.17) is 4.42 Å². The average Bonchev–Trinajstić information content (AvgIpc) is 3.43. The Hall–Kier alpha value is -2.50. The van der Waals surface area contributed by atoms with Crippen molar-refractivity contribution in [2.45, 2.75) is 59.5 Å². The average molecular weight is 400 g/mol. The molecule has 2 aromatic heterocycles. The minimum Gasteiger partial charge on any atom is -0.454 e. The highest BCUT2D eigenvalue weighted by molar-refractivity contribution is 5.91. The summed E-state index contributed by atoms with van der Waals surface area (Å²) in [6.07, 6.45) is 5.63. The first-order chi connectivity index (χ1) is 14.0. The molecule has 1 saturated heterocycles. The molecule has 0 aliphatic carbocycles. The van der Waals surface area contributed by atoms with Crippen molar-refractivity contribution in [1.29, 1.82) is 0 Å². The van der Waals surface area contributed by atoms with Gasteiger partial charge < -0.3 is 18.8 Å². The van der Waals surface area contributed by atoms with E-state index in [-0.39, 0.29) is 11.8 Å². The summed E-state index contributed by atoms with van der Waals surface area (Å²) in [4.78, 5) is 28.9. The number of amides is 2. The minimum atomic E-state index is -0.0186. The van der Waals surface area contributed by atoms with Crippen LogP contribution in [-0.2, 0) is 17.9 Å². The zero-order valence-electron chi connectivity index (χ0n) is 17.9. The van der Waals surface area contributed by atoms with Gasteiger partial charge in [-0.1, -0.05) is 20.8 Å². The number of nitrogens with zero attached hydrogens (tertiary/aromatic N) is 3. The first-order valence-electron chi connectivity index (χ1n) is 10.8. The van der Waals surface area contributed by atoms with Crippen molar-refractivity contribution in [2.75, 3.05) is 19.6 Å². The zero-order valence-corrected chi connectivity index (χ0v) is 17.9. The second kappa shape index (κ2) is 9.81. The van der Waals surface area contributed by atoms with E-state index in [1.807, 2.05) is 34.2 Å². The summed E-state index contributed by atoms with van der Waals surface area (Å²) in [6.45, 7) is 9.76. The summed E-state index contributed by atoms with van der Waals surface area (Å²) in [7, 11) is 0. The first kappa shape index (κ1) is 21.2. The van der Waals surface area contributed by atoms with Gasteiger partial charge >= 0.3 is 0 Å². The lowest BCUT2D eigenvalue weighted by Crippen LogP contribution is -2.32. The number of carbonyl (C=O) groups is 2. The molecule has 1 aliphatic heterocycles. The third kappa shape index (κ3) is 5.52. The van der Waals surface area contributed by atoms with Crippen LogP contribution < -0.4 is 0 Å². The molecular formula is C23H33N3O3. The molecule has 0 radical (unpaired) electrons. The molecule has 3 rings (SSSR count). The molecule has 0 saturated carbocycles. The van der Waals surface area contributed by atoms with E-state index < -0.39 is 0 Å². The summed E-state index contributed by atoms with van der Waals surface area (Å²) >= 11 is 0. The SMILES string of the molecule is CCCN(Cc1cccn1Cc1ccc(C(=O)N2CCCC2)o1)C(=O)CC(C)C. The lowest BCUT2D eigenvalue weighted by molar-refractivity contribution is -0.132. The molecule has 0 aromatic carbocycles. The van der Waals surface area contributed by atoms with Gasteiger partial charge in [0.2, 0.25) is 5.91 Å². The fourth-order valence-electron chi connectivity index (χ4n) is 3.80. The normalized spacial score (nSPS) is 14.0. The van der Waals surface area contributed by atoms with Crippen LogP contribution in [0, 0.1) is 5.92 Å².